The highest BCUT2D eigenvalue weighted by Gasteiger charge is 2.15. The van der Waals surface area contributed by atoms with Crippen molar-refractivity contribution in [2.24, 2.45) is 0 Å². The van der Waals surface area contributed by atoms with Crippen molar-refractivity contribution in [1.29, 1.82) is 0 Å². The minimum atomic E-state index is -3.65. The average Bonchev–Trinajstić information content (AvgIpc) is 2.58. The van der Waals surface area contributed by atoms with Crippen LogP contribution in [0.1, 0.15) is 24.8 Å². The Morgan fingerprint density at radius 1 is 1.12 bits per heavy atom. The Labute approximate surface area is 152 Å². The summed E-state index contributed by atoms with van der Waals surface area (Å²) in [6.07, 6.45) is 3.21. The lowest BCUT2D eigenvalue weighted by Crippen LogP contribution is -2.23. The molecule has 0 bridgehead atoms. The summed E-state index contributed by atoms with van der Waals surface area (Å²) in [6, 6.07) is 6.65. The van der Waals surface area contributed by atoms with Gasteiger partial charge in [-0.05, 0) is 38.3 Å². The molecule has 1 atom stereocenters. The van der Waals surface area contributed by atoms with E-state index in [1.54, 1.807) is 45.9 Å². The summed E-state index contributed by atoms with van der Waals surface area (Å²) in [5, 5.41) is 0. The molecule has 5 nitrogen and oxygen atoms in total. The Morgan fingerprint density at radius 3 is 2.50 bits per heavy atom. The molecule has 0 saturated carbocycles. The molecule has 0 spiro atoms. The van der Waals surface area contributed by atoms with Crippen LogP contribution in [0.3, 0.4) is 0 Å². The molecular weight excluding hydrogens is 368 g/mol. The second-order valence-corrected chi connectivity index (χ2v) is 9.72. The predicted molar refractivity (Wildman–Crippen MR) is 98.8 cm³/mol. The van der Waals surface area contributed by atoms with Crippen LogP contribution in [0.15, 0.2) is 29.2 Å². The molecule has 0 aromatic heterocycles. The van der Waals surface area contributed by atoms with E-state index in [9.17, 15) is 8.42 Å². The molecule has 24 heavy (non-hydrogen) atoms. The summed E-state index contributed by atoms with van der Waals surface area (Å²) in [5.41, 5.74) is 1.02. The van der Waals surface area contributed by atoms with Crippen molar-refractivity contribution in [2.45, 2.75) is 37.4 Å². The highest BCUT2D eigenvalue weighted by Crippen LogP contribution is 2.22. The average molecular weight is 393 g/mol. The van der Waals surface area contributed by atoms with E-state index in [0.29, 0.717) is 12.4 Å². The Bertz CT molecular complexity index is 568. The van der Waals surface area contributed by atoms with Crippen LogP contribution < -0.4 is 0 Å². The van der Waals surface area contributed by atoms with Gasteiger partial charge in [-0.3, -0.25) is 4.18 Å². The Balaban J connectivity index is 1.52. The van der Waals surface area contributed by atoms with E-state index >= 15 is 0 Å². The zero-order chi connectivity index (χ0) is 17.3. The Hall–Kier alpha value is -0.250. The normalized spacial score (nSPS) is 18.6. The minimum absolute atomic E-state index is 0.0488. The van der Waals surface area contributed by atoms with Gasteiger partial charge in [-0.1, -0.05) is 39.3 Å². The smallest absolute Gasteiger partial charge is 0.297 e. The largest absolute Gasteiger partial charge is 0.353 e. The first kappa shape index (κ1) is 20.1. The fraction of sp³-hybridized carbons (Fsp3) is 0.625. The van der Waals surface area contributed by atoms with Crippen molar-refractivity contribution >= 4 is 31.7 Å². The quantitative estimate of drug-likeness (QED) is 0.342. The molecule has 1 aromatic carbocycles. The van der Waals surface area contributed by atoms with Gasteiger partial charge < -0.3 is 9.47 Å². The molecule has 0 N–H and O–H groups in total. The standard InChI is InChI=1S/C16H24O5S3/c1-14-5-7-15(8-6-14)24(17,18)21-11-13-23-22-12-10-20-16-4-2-3-9-19-16/h5-8,16H,2-4,9-13H2,1H3/t16-/m1/s1. The molecule has 8 heteroatoms. The van der Waals surface area contributed by atoms with E-state index in [1.807, 2.05) is 6.92 Å². The van der Waals surface area contributed by atoms with Crippen LogP contribution in [0.2, 0.25) is 0 Å². The molecular formula is C16H24O5S3. The maximum absolute atomic E-state index is 12.0. The van der Waals surface area contributed by atoms with Gasteiger partial charge in [0.15, 0.2) is 6.29 Å². The van der Waals surface area contributed by atoms with Gasteiger partial charge in [0, 0.05) is 18.1 Å². The zero-order valence-electron chi connectivity index (χ0n) is 13.8. The van der Waals surface area contributed by atoms with Crippen LogP contribution in [0.5, 0.6) is 0 Å². The van der Waals surface area contributed by atoms with Crippen LogP contribution in [-0.4, -0.2) is 46.0 Å². The Kier molecular flexibility index (Phi) is 8.93. The van der Waals surface area contributed by atoms with Gasteiger partial charge in [0.25, 0.3) is 10.1 Å². The topological polar surface area (TPSA) is 61.8 Å². The molecule has 136 valence electrons. The molecule has 0 unspecified atom stereocenters. The minimum Gasteiger partial charge on any atom is -0.353 e. The van der Waals surface area contributed by atoms with E-state index in [-0.39, 0.29) is 17.8 Å². The van der Waals surface area contributed by atoms with Gasteiger partial charge in [-0.2, -0.15) is 8.42 Å². The highest BCUT2D eigenvalue weighted by atomic mass is 33.1. The summed E-state index contributed by atoms with van der Waals surface area (Å²) in [6.45, 7) is 3.51. The highest BCUT2D eigenvalue weighted by molar-refractivity contribution is 8.76. The van der Waals surface area contributed by atoms with Crippen LogP contribution in [0, 0.1) is 6.92 Å². The molecule has 1 aromatic rings. The van der Waals surface area contributed by atoms with E-state index in [2.05, 4.69) is 0 Å². The van der Waals surface area contributed by atoms with Crippen molar-refractivity contribution in [3.63, 3.8) is 0 Å². The van der Waals surface area contributed by atoms with Crippen molar-refractivity contribution in [2.75, 3.05) is 31.3 Å². The van der Waals surface area contributed by atoms with Crippen LogP contribution >= 0.6 is 21.6 Å². The first-order valence-electron chi connectivity index (χ1n) is 8.02. The van der Waals surface area contributed by atoms with Gasteiger partial charge in [0.1, 0.15) is 0 Å². The SMILES string of the molecule is Cc1ccc(S(=O)(=O)OCCSSCCO[C@@H]2CCCCO2)cc1. The third-order valence-corrected chi connectivity index (χ3v) is 7.07. The fourth-order valence-corrected chi connectivity index (χ4v) is 4.81. The molecule has 2 rings (SSSR count). The van der Waals surface area contributed by atoms with E-state index in [4.69, 9.17) is 13.7 Å². The fourth-order valence-electron chi connectivity index (χ4n) is 2.12. The summed E-state index contributed by atoms with van der Waals surface area (Å²) in [5.74, 6) is 1.45. The van der Waals surface area contributed by atoms with Crippen molar-refractivity contribution < 1.29 is 22.1 Å². The number of benzene rings is 1. The van der Waals surface area contributed by atoms with Gasteiger partial charge in [-0.15, -0.1) is 0 Å². The zero-order valence-corrected chi connectivity index (χ0v) is 16.3. The van der Waals surface area contributed by atoms with Crippen molar-refractivity contribution in [3.05, 3.63) is 29.8 Å². The molecule has 0 radical (unpaired) electrons. The molecule has 1 heterocycles. The van der Waals surface area contributed by atoms with E-state index < -0.39 is 10.1 Å². The van der Waals surface area contributed by atoms with Gasteiger partial charge >= 0.3 is 0 Å². The lowest BCUT2D eigenvalue weighted by atomic mass is 10.2. The summed E-state index contributed by atoms with van der Waals surface area (Å²) in [4.78, 5) is 0.201. The van der Waals surface area contributed by atoms with E-state index in [0.717, 1.165) is 30.8 Å². The molecule has 1 aliphatic rings. The maximum Gasteiger partial charge on any atom is 0.297 e. The maximum atomic E-state index is 12.0. The number of hydrogen-bond acceptors (Lipinski definition) is 7. The van der Waals surface area contributed by atoms with E-state index in [1.165, 1.54) is 6.42 Å². The molecule has 0 aliphatic carbocycles. The first-order chi connectivity index (χ1) is 11.6. The van der Waals surface area contributed by atoms with Crippen LogP contribution in [0.4, 0.5) is 0 Å². The molecule has 1 fully saturated rings. The lowest BCUT2D eigenvalue weighted by Gasteiger charge is -2.22. The van der Waals surface area contributed by atoms with Gasteiger partial charge in [0.05, 0.1) is 18.1 Å². The monoisotopic (exact) mass is 392 g/mol. The lowest BCUT2D eigenvalue weighted by molar-refractivity contribution is -0.158. The summed E-state index contributed by atoms with van der Waals surface area (Å²) in [7, 11) is -0.417. The molecule has 1 saturated heterocycles. The number of rotatable bonds is 10. The van der Waals surface area contributed by atoms with Gasteiger partial charge in [-0.25, -0.2) is 0 Å². The number of hydrogen-bond donors (Lipinski definition) is 0. The Morgan fingerprint density at radius 2 is 1.83 bits per heavy atom. The third kappa shape index (κ3) is 7.33. The van der Waals surface area contributed by atoms with Crippen molar-refractivity contribution in [1.82, 2.24) is 0 Å². The number of aryl methyl sites for hydroxylation is 1. The van der Waals surface area contributed by atoms with Gasteiger partial charge in [0.2, 0.25) is 0 Å². The van der Waals surface area contributed by atoms with Crippen LogP contribution in [0.25, 0.3) is 0 Å². The second kappa shape index (κ2) is 10.7. The first-order valence-corrected chi connectivity index (χ1v) is 11.9. The second-order valence-electron chi connectivity index (χ2n) is 5.40. The molecule has 1 aliphatic heterocycles. The molecule has 0 amide bonds. The number of ether oxygens (including phenoxy) is 2. The summed E-state index contributed by atoms with van der Waals surface area (Å²) < 4.78 is 40.1. The van der Waals surface area contributed by atoms with Crippen LogP contribution in [-0.2, 0) is 23.8 Å². The third-order valence-electron chi connectivity index (χ3n) is 3.41. The predicted octanol–water partition coefficient (Wildman–Crippen LogP) is 3.62. The summed E-state index contributed by atoms with van der Waals surface area (Å²) >= 11 is 0. The van der Waals surface area contributed by atoms with Crippen molar-refractivity contribution in [3.8, 4) is 0 Å².